The lowest BCUT2D eigenvalue weighted by Gasteiger charge is -2.08. The Labute approximate surface area is 103 Å². The zero-order valence-electron chi connectivity index (χ0n) is 9.80. The minimum Gasteiger partial charge on any atom is -0.481 e. The molecule has 0 aliphatic heterocycles. The van der Waals surface area contributed by atoms with E-state index in [1.54, 1.807) is 31.3 Å². The van der Waals surface area contributed by atoms with Crippen LogP contribution in [-0.4, -0.2) is 33.7 Å². The topological polar surface area (TPSA) is 95.1 Å². The number of hydrogen-bond donors (Lipinski definition) is 3. The van der Waals surface area contributed by atoms with Crippen LogP contribution in [0.15, 0.2) is 24.4 Å². The Kier molecular flexibility index (Phi) is 3.27. The van der Waals surface area contributed by atoms with E-state index < -0.39 is 11.9 Å². The van der Waals surface area contributed by atoms with Crippen molar-refractivity contribution in [1.82, 2.24) is 15.5 Å². The molecule has 0 saturated carbocycles. The normalized spacial score (nSPS) is 12.3. The van der Waals surface area contributed by atoms with E-state index in [4.69, 9.17) is 5.11 Å². The van der Waals surface area contributed by atoms with Crippen molar-refractivity contribution in [3.05, 3.63) is 30.0 Å². The van der Waals surface area contributed by atoms with Crippen LogP contribution in [0.1, 0.15) is 17.3 Å². The second-order valence-corrected chi connectivity index (χ2v) is 4.12. The predicted molar refractivity (Wildman–Crippen MR) is 65.2 cm³/mol. The number of rotatable bonds is 4. The first-order valence-electron chi connectivity index (χ1n) is 5.52. The van der Waals surface area contributed by atoms with Crippen molar-refractivity contribution in [2.24, 2.45) is 5.92 Å². The second kappa shape index (κ2) is 4.87. The molecule has 0 radical (unpaired) electrons. The van der Waals surface area contributed by atoms with E-state index in [2.05, 4.69) is 15.5 Å². The molecule has 2 aromatic rings. The standard InChI is InChI=1S/C12H13N3O3/c1-7(12(17)18)5-13-11(16)8-2-3-9-6-14-15-10(9)4-8/h2-4,6-7H,5H2,1H3,(H,13,16)(H,14,15)(H,17,18). The largest absolute Gasteiger partial charge is 0.481 e. The van der Waals surface area contributed by atoms with Crippen LogP contribution in [0.3, 0.4) is 0 Å². The minimum absolute atomic E-state index is 0.106. The Morgan fingerprint density at radius 2 is 2.28 bits per heavy atom. The fourth-order valence-electron chi connectivity index (χ4n) is 1.51. The van der Waals surface area contributed by atoms with Gasteiger partial charge in [-0.3, -0.25) is 14.7 Å². The van der Waals surface area contributed by atoms with Gasteiger partial charge in [0.05, 0.1) is 17.6 Å². The highest BCUT2D eigenvalue weighted by Crippen LogP contribution is 2.12. The summed E-state index contributed by atoms with van der Waals surface area (Å²) in [6.07, 6.45) is 1.67. The number of carboxylic acid groups (broad SMARTS) is 1. The third-order valence-electron chi connectivity index (χ3n) is 2.69. The van der Waals surface area contributed by atoms with Gasteiger partial charge in [-0.25, -0.2) is 0 Å². The number of aromatic amines is 1. The van der Waals surface area contributed by atoms with Crippen molar-refractivity contribution in [3.63, 3.8) is 0 Å². The molecule has 1 aromatic heterocycles. The molecule has 6 heteroatoms. The molecule has 3 N–H and O–H groups in total. The molecule has 0 saturated heterocycles. The fraction of sp³-hybridized carbons (Fsp3) is 0.250. The molecule has 0 spiro atoms. The number of carbonyl (C=O) groups excluding carboxylic acids is 1. The molecule has 1 heterocycles. The van der Waals surface area contributed by atoms with Crippen LogP contribution < -0.4 is 5.32 Å². The van der Waals surface area contributed by atoms with E-state index in [0.29, 0.717) is 5.56 Å². The summed E-state index contributed by atoms with van der Waals surface area (Å²) in [4.78, 5) is 22.4. The number of hydrogen-bond acceptors (Lipinski definition) is 3. The molecule has 1 aromatic carbocycles. The maximum atomic E-state index is 11.8. The summed E-state index contributed by atoms with van der Waals surface area (Å²) in [5, 5.41) is 18.9. The molecule has 0 aliphatic rings. The van der Waals surface area contributed by atoms with Gasteiger partial charge in [0.25, 0.3) is 5.91 Å². The lowest BCUT2D eigenvalue weighted by atomic mass is 10.1. The number of benzene rings is 1. The molecular weight excluding hydrogens is 234 g/mol. The van der Waals surface area contributed by atoms with Crippen molar-refractivity contribution < 1.29 is 14.7 Å². The van der Waals surface area contributed by atoms with Crippen molar-refractivity contribution in [1.29, 1.82) is 0 Å². The van der Waals surface area contributed by atoms with Crippen molar-refractivity contribution >= 4 is 22.8 Å². The molecular formula is C12H13N3O3. The third kappa shape index (κ3) is 2.48. The summed E-state index contributed by atoms with van der Waals surface area (Å²) in [6.45, 7) is 1.65. The SMILES string of the molecule is CC(CNC(=O)c1ccc2cn[nH]c2c1)C(=O)O. The monoisotopic (exact) mass is 247 g/mol. The maximum absolute atomic E-state index is 11.8. The lowest BCUT2D eigenvalue weighted by molar-refractivity contribution is -0.140. The molecule has 0 fully saturated rings. The molecule has 0 bridgehead atoms. The summed E-state index contributed by atoms with van der Waals surface area (Å²) in [5.41, 5.74) is 1.25. The molecule has 1 amide bonds. The molecule has 2 rings (SSSR count). The molecule has 18 heavy (non-hydrogen) atoms. The molecule has 6 nitrogen and oxygen atoms in total. The van der Waals surface area contributed by atoms with Crippen LogP contribution in [0.25, 0.3) is 10.9 Å². The highest BCUT2D eigenvalue weighted by Gasteiger charge is 2.13. The Hall–Kier alpha value is -2.37. The maximum Gasteiger partial charge on any atom is 0.308 e. The minimum atomic E-state index is -0.931. The number of nitrogens with one attached hydrogen (secondary N) is 2. The van der Waals surface area contributed by atoms with Crippen LogP contribution in [0.4, 0.5) is 0 Å². The van der Waals surface area contributed by atoms with Gasteiger partial charge in [0.1, 0.15) is 0 Å². The van der Waals surface area contributed by atoms with Crippen molar-refractivity contribution in [3.8, 4) is 0 Å². The number of carbonyl (C=O) groups is 2. The Bertz CT molecular complexity index is 591. The third-order valence-corrected chi connectivity index (χ3v) is 2.69. The van der Waals surface area contributed by atoms with Crippen LogP contribution in [-0.2, 0) is 4.79 Å². The number of fused-ring (bicyclic) bond motifs is 1. The van der Waals surface area contributed by atoms with Gasteiger partial charge >= 0.3 is 5.97 Å². The number of aromatic nitrogens is 2. The zero-order chi connectivity index (χ0) is 13.1. The van der Waals surface area contributed by atoms with Crippen LogP contribution in [0.2, 0.25) is 0 Å². The summed E-state index contributed by atoms with van der Waals surface area (Å²) in [7, 11) is 0. The average molecular weight is 247 g/mol. The first kappa shape index (κ1) is 12.1. The highest BCUT2D eigenvalue weighted by atomic mass is 16.4. The Morgan fingerprint density at radius 3 is 3.00 bits per heavy atom. The lowest BCUT2D eigenvalue weighted by Crippen LogP contribution is -2.31. The molecule has 0 aliphatic carbocycles. The summed E-state index contributed by atoms with van der Waals surface area (Å²) in [5.74, 6) is -1.83. The van der Waals surface area contributed by atoms with Crippen LogP contribution in [0, 0.1) is 5.92 Å². The number of H-pyrrole nitrogens is 1. The number of nitrogens with zero attached hydrogens (tertiary/aromatic N) is 1. The van der Waals surface area contributed by atoms with Gasteiger partial charge in [0, 0.05) is 17.5 Å². The summed E-state index contributed by atoms with van der Waals surface area (Å²) >= 11 is 0. The van der Waals surface area contributed by atoms with Gasteiger partial charge in [0.2, 0.25) is 0 Å². The van der Waals surface area contributed by atoms with Gasteiger partial charge in [-0.15, -0.1) is 0 Å². The van der Waals surface area contributed by atoms with E-state index in [1.165, 1.54) is 0 Å². The van der Waals surface area contributed by atoms with Gasteiger partial charge < -0.3 is 10.4 Å². The van der Waals surface area contributed by atoms with E-state index >= 15 is 0 Å². The number of aliphatic carboxylic acids is 1. The summed E-state index contributed by atoms with van der Waals surface area (Å²) in [6, 6.07) is 5.15. The average Bonchev–Trinajstić information content (AvgIpc) is 2.82. The van der Waals surface area contributed by atoms with E-state index in [1.807, 2.05) is 0 Å². The highest BCUT2D eigenvalue weighted by molar-refractivity contribution is 5.97. The van der Waals surface area contributed by atoms with E-state index in [9.17, 15) is 9.59 Å². The van der Waals surface area contributed by atoms with Crippen molar-refractivity contribution in [2.75, 3.05) is 6.54 Å². The Morgan fingerprint density at radius 1 is 1.50 bits per heavy atom. The predicted octanol–water partition coefficient (Wildman–Crippen LogP) is 1.01. The van der Waals surface area contributed by atoms with Gasteiger partial charge in [0.15, 0.2) is 0 Å². The fourth-order valence-corrected chi connectivity index (χ4v) is 1.51. The first-order chi connectivity index (χ1) is 8.58. The second-order valence-electron chi connectivity index (χ2n) is 4.12. The molecule has 94 valence electrons. The number of amides is 1. The van der Waals surface area contributed by atoms with E-state index in [-0.39, 0.29) is 12.5 Å². The zero-order valence-corrected chi connectivity index (χ0v) is 9.80. The van der Waals surface area contributed by atoms with Gasteiger partial charge in [-0.2, -0.15) is 5.10 Å². The quantitative estimate of drug-likeness (QED) is 0.751. The van der Waals surface area contributed by atoms with Gasteiger partial charge in [-0.05, 0) is 12.1 Å². The molecule has 1 atom stereocenters. The van der Waals surface area contributed by atoms with Crippen LogP contribution >= 0.6 is 0 Å². The van der Waals surface area contributed by atoms with Crippen LogP contribution in [0.5, 0.6) is 0 Å². The molecule has 1 unspecified atom stereocenters. The smallest absolute Gasteiger partial charge is 0.308 e. The van der Waals surface area contributed by atoms with E-state index in [0.717, 1.165) is 10.9 Å². The van der Waals surface area contributed by atoms with Gasteiger partial charge in [-0.1, -0.05) is 13.0 Å². The Balaban J connectivity index is 2.06. The van der Waals surface area contributed by atoms with Crippen molar-refractivity contribution in [2.45, 2.75) is 6.92 Å². The first-order valence-corrected chi connectivity index (χ1v) is 5.52. The summed E-state index contributed by atoms with van der Waals surface area (Å²) < 4.78 is 0. The number of carboxylic acids is 1.